The average Bonchev–Trinajstić information content (AvgIpc) is 3.34. The van der Waals surface area contributed by atoms with Gasteiger partial charge in [0.2, 0.25) is 5.91 Å². The molecule has 37 heavy (non-hydrogen) atoms. The molecule has 1 unspecified atom stereocenters. The molecule has 3 heterocycles. The predicted octanol–water partition coefficient (Wildman–Crippen LogP) is 4.36. The summed E-state index contributed by atoms with van der Waals surface area (Å²) in [5.74, 6) is -0.142. The van der Waals surface area contributed by atoms with Crippen molar-refractivity contribution >= 4 is 11.7 Å². The molecule has 1 saturated carbocycles. The lowest BCUT2D eigenvalue weighted by Gasteiger charge is -2.55. The first-order valence-corrected chi connectivity index (χ1v) is 13.7. The number of piperazine rings is 1. The van der Waals surface area contributed by atoms with Crippen molar-refractivity contribution < 1.29 is 27.4 Å². The third-order valence-electron chi connectivity index (χ3n) is 8.30. The molecule has 208 valence electrons. The quantitative estimate of drug-likeness (QED) is 0.446. The summed E-state index contributed by atoms with van der Waals surface area (Å²) in [5.41, 5.74) is -1.57. The Hall–Kier alpha value is -1.75. The number of carbonyl (C=O) groups is 1. The smallest absolute Gasteiger partial charge is 0.380 e. The van der Waals surface area contributed by atoms with Gasteiger partial charge in [0.25, 0.3) is 0 Å². The van der Waals surface area contributed by atoms with Crippen molar-refractivity contribution in [2.75, 3.05) is 64.0 Å². The molecule has 1 atom stereocenters. The van der Waals surface area contributed by atoms with Gasteiger partial charge in [-0.2, -0.15) is 13.2 Å². The number of amides is 1. The predicted molar refractivity (Wildman–Crippen MR) is 136 cm³/mol. The Morgan fingerprint density at radius 2 is 1.86 bits per heavy atom. The second kappa shape index (κ2) is 12.0. The normalized spacial score (nSPS) is 25.0. The van der Waals surface area contributed by atoms with Crippen molar-refractivity contribution in [2.45, 2.75) is 76.1 Å². The van der Waals surface area contributed by atoms with Crippen molar-refractivity contribution in [1.29, 1.82) is 0 Å². The number of aromatic nitrogens is 1. The summed E-state index contributed by atoms with van der Waals surface area (Å²) < 4.78 is 52.4. The van der Waals surface area contributed by atoms with E-state index in [4.69, 9.17) is 9.47 Å². The van der Waals surface area contributed by atoms with Crippen molar-refractivity contribution in [3.05, 3.63) is 23.9 Å². The van der Waals surface area contributed by atoms with Crippen LogP contribution >= 0.6 is 0 Å². The maximum atomic E-state index is 13.5. The van der Waals surface area contributed by atoms with E-state index < -0.39 is 11.9 Å². The highest BCUT2D eigenvalue weighted by Gasteiger charge is 2.51. The number of carbonyl (C=O) groups excluding carboxylic acids is 1. The van der Waals surface area contributed by atoms with Gasteiger partial charge in [-0.15, -0.1) is 0 Å². The zero-order chi connectivity index (χ0) is 26.5. The first-order valence-electron chi connectivity index (χ1n) is 13.7. The highest BCUT2D eigenvalue weighted by molar-refractivity contribution is 5.92. The van der Waals surface area contributed by atoms with E-state index in [2.05, 4.69) is 14.8 Å². The minimum Gasteiger partial charge on any atom is -0.380 e. The Bertz CT molecular complexity index is 901. The van der Waals surface area contributed by atoms with Crippen molar-refractivity contribution in [3.8, 4) is 0 Å². The van der Waals surface area contributed by atoms with E-state index in [0.29, 0.717) is 26.4 Å². The van der Waals surface area contributed by atoms with Crippen molar-refractivity contribution in [3.63, 3.8) is 0 Å². The standard InChI is InChI=1S/C27H41F3N4O3/c1-3-24(35)34(23-9-7-8-22(31-23)27(28,29)30)21-25(12-18-37-26(20-25)10-5-6-11-26)33-15-13-32(14-16-33)17-19-36-4-2/h7-9H,3-6,10-21H2,1-2H3. The van der Waals surface area contributed by atoms with Gasteiger partial charge in [0.05, 0.1) is 12.2 Å². The molecule has 2 aliphatic heterocycles. The van der Waals surface area contributed by atoms with E-state index in [9.17, 15) is 18.0 Å². The Morgan fingerprint density at radius 3 is 2.51 bits per heavy atom. The highest BCUT2D eigenvalue weighted by atomic mass is 19.4. The molecule has 7 nitrogen and oxygen atoms in total. The van der Waals surface area contributed by atoms with Gasteiger partial charge in [-0.3, -0.25) is 19.5 Å². The second-order valence-electron chi connectivity index (χ2n) is 10.6. The van der Waals surface area contributed by atoms with Gasteiger partial charge < -0.3 is 9.47 Å². The number of rotatable bonds is 9. The molecule has 3 fully saturated rings. The molecule has 0 N–H and O–H groups in total. The van der Waals surface area contributed by atoms with Crippen LogP contribution in [0.15, 0.2) is 18.2 Å². The molecule has 0 aromatic carbocycles. The average molecular weight is 527 g/mol. The number of halogens is 3. The fourth-order valence-corrected chi connectivity index (χ4v) is 6.34. The van der Waals surface area contributed by atoms with Crippen LogP contribution in [0.1, 0.15) is 64.5 Å². The molecule has 4 rings (SSSR count). The number of alkyl halides is 3. The molecular weight excluding hydrogens is 485 g/mol. The molecule has 1 aliphatic carbocycles. The van der Waals surface area contributed by atoms with Crippen LogP contribution in [0.25, 0.3) is 0 Å². The summed E-state index contributed by atoms with van der Waals surface area (Å²) in [5, 5.41) is 0. The Morgan fingerprint density at radius 1 is 1.14 bits per heavy atom. The summed E-state index contributed by atoms with van der Waals surface area (Å²) in [6.07, 6.45) is 1.37. The minimum atomic E-state index is -4.57. The van der Waals surface area contributed by atoms with E-state index in [1.807, 2.05) is 6.92 Å². The number of hydrogen-bond donors (Lipinski definition) is 0. The van der Waals surface area contributed by atoms with E-state index in [1.165, 1.54) is 17.0 Å². The van der Waals surface area contributed by atoms with Gasteiger partial charge in [-0.25, -0.2) is 4.98 Å². The summed E-state index contributed by atoms with van der Waals surface area (Å²) in [7, 11) is 0. The minimum absolute atomic E-state index is 0.0726. The molecule has 10 heteroatoms. The third-order valence-corrected chi connectivity index (χ3v) is 8.30. The molecule has 0 bridgehead atoms. The Kier molecular flexibility index (Phi) is 9.14. The topological polar surface area (TPSA) is 58.1 Å². The van der Waals surface area contributed by atoms with Crippen LogP contribution in [0.2, 0.25) is 0 Å². The van der Waals surface area contributed by atoms with Gasteiger partial charge in [0.1, 0.15) is 11.5 Å². The number of nitrogens with zero attached hydrogens (tertiary/aromatic N) is 4. The lowest BCUT2D eigenvalue weighted by Crippen LogP contribution is -2.66. The number of ether oxygens (including phenoxy) is 2. The van der Waals surface area contributed by atoms with Gasteiger partial charge in [0.15, 0.2) is 0 Å². The Balaban J connectivity index is 1.62. The van der Waals surface area contributed by atoms with Gasteiger partial charge in [-0.1, -0.05) is 25.8 Å². The summed E-state index contributed by atoms with van der Waals surface area (Å²) in [6, 6.07) is 3.82. The molecule has 2 saturated heterocycles. The molecule has 1 spiro atoms. The first kappa shape index (κ1) is 28.3. The van der Waals surface area contributed by atoms with Crippen molar-refractivity contribution in [2.24, 2.45) is 0 Å². The molecule has 3 aliphatic rings. The van der Waals surface area contributed by atoms with Crippen LogP contribution in [0.4, 0.5) is 19.0 Å². The van der Waals surface area contributed by atoms with Gasteiger partial charge >= 0.3 is 6.18 Å². The SMILES string of the molecule is CCOCCN1CCN(C2(CN(C(=O)CC)c3cccc(C(F)(F)F)n3)CCOC3(CCCC3)C2)CC1. The lowest BCUT2D eigenvalue weighted by atomic mass is 9.76. The van der Waals surface area contributed by atoms with E-state index in [-0.39, 0.29) is 29.3 Å². The fourth-order valence-electron chi connectivity index (χ4n) is 6.34. The van der Waals surface area contributed by atoms with Gasteiger partial charge in [0, 0.05) is 64.4 Å². The maximum Gasteiger partial charge on any atom is 0.433 e. The summed E-state index contributed by atoms with van der Waals surface area (Å²) in [6.45, 7) is 10.4. The number of pyridine rings is 1. The van der Waals surface area contributed by atoms with Gasteiger partial charge in [-0.05, 0) is 44.7 Å². The van der Waals surface area contributed by atoms with Crippen LogP contribution in [0.5, 0.6) is 0 Å². The molecular formula is C27H41F3N4O3. The molecule has 0 radical (unpaired) electrons. The first-order chi connectivity index (χ1) is 17.7. The van der Waals surface area contributed by atoms with E-state index in [1.54, 1.807) is 6.92 Å². The Labute approximate surface area is 218 Å². The van der Waals surface area contributed by atoms with E-state index in [0.717, 1.165) is 77.3 Å². The van der Waals surface area contributed by atoms with Crippen molar-refractivity contribution in [1.82, 2.24) is 14.8 Å². The fraction of sp³-hybridized carbons (Fsp3) is 0.778. The maximum absolute atomic E-state index is 13.5. The van der Waals surface area contributed by atoms with Crippen LogP contribution in [0, 0.1) is 0 Å². The van der Waals surface area contributed by atoms with E-state index >= 15 is 0 Å². The largest absolute Gasteiger partial charge is 0.433 e. The zero-order valence-corrected chi connectivity index (χ0v) is 22.2. The zero-order valence-electron chi connectivity index (χ0n) is 22.2. The molecule has 1 aromatic heterocycles. The van der Waals surface area contributed by atoms with Crippen LogP contribution in [-0.2, 0) is 20.4 Å². The highest BCUT2D eigenvalue weighted by Crippen LogP contribution is 2.46. The summed E-state index contributed by atoms with van der Waals surface area (Å²) >= 11 is 0. The summed E-state index contributed by atoms with van der Waals surface area (Å²) in [4.78, 5) is 23.5. The number of hydrogen-bond acceptors (Lipinski definition) is 6. The lowest BCUT2D eigenvalue weighted by molar-refractivity contribution is -0.142. The molecule has 1 aromatic rings. The number of anilines is 1. The third kappa shape index (κ3) is 6.64. The monoisotopic (exact) mass is 526 g/mol. The van der Waals surface area contributed by atoms with Crippen LogP contribution in [-0.4, -0.2) is 90.9 Å². The van der Waals surface area contributed by atoms with Crippen LogP contribution < -0.4 is 4.90 Å². The molecule has 1 amide bonds. The second-order valence-corrected chi connectivity index (χ2v) is 10.6. The van der Waals surface area contributed by atoms with Crippen LogP contribution in [0.3, 0.4) is 0 Å².